The van der Waals surface area contributed by atoms with Crippen molar-refractivity contribution >= 4 is 0 Å². The Balaban J connectivity index is 1.14. The molecule has 0 bridgehead atoms. The van der Waals surface area contributed by atoms with Gasteiger partial charge in [-0.3, -0.25) is 0 Å². The van der Waals surface area contributed by atoms with E-state index >= 15 is 0 Å². The molecule has 0 unspecified atom stereocenters. The van der Waals surface area contributed by atoms with Crippen LogP contribution in [0.5, 0.6) is 0 Å². The minimum absolute atomic E-state index is 0.0697. The lowest BCUT2D eigenvalue weighted by atomic mass is 9.47. The predicted molar refractivity (Wildman–Crippen MR) is 154 cm³/mol. The maximum Gasteiger partial charge on any atom is 0.186 e. The highest BCUT2D eigenvalue weighted by molar-refractivity contribution is 5.26. The Bertz CT molecular complexity index is 1020. The number of aliphatic hydroxyl groups is 6. The van der Waals surface area contributed by atoms with Crippen LogP contribution in [-0.2, 0) is 14.2 Å². The Morgan fingerprint density at radius 1 is 1.05 bits per heavy atom. The minimum Gasteiger partial charge on any atom is -0.396 e. The summed E-state index contributed by atoms with van der Waals surface area (Å²) in [6.45, 7) is 8.77. The summed E-state index contributed by atoms with van der Waals surface area (Å²) in [4.78, 5) is 0. The molecular formula is C33H54O9. The van der Waals surface area contributed by atoms with Crippen LogP contribution in [0, 0.1) is 46.3 Å². The van der Waals surface area contributed by atoms with Crippen molar-refractivity contribution in [3.05, 3.63) is 11.6 Å². The molecule has 42 heavy (non-hydrogen) atoms. The van der Waals surface area contributed by atoms with E-state index in [-0.39, 0.29) is 41.5 Å². The van der Waals surface area contributed by atoms with Crippen molar-refractivity contribution in [3.8, 4) is 0 Å². The lowest BCUT2D eigenvalue weighted by Crippen LogP contribution is -2.60. The number of aliphatic hydroxyl groups excluding tert-OH is 5. The summed E-state index contributed by atoms with van der Waals surface area (Å²) in [5.74, 6) is 1.21. The molecule has 2 saturated heterocycles. The summed E-state index contributed by atoms with van der Waals surface area (Å²) < 4.78 is 18.4. The van der Waals surface area contributed by atoms with Gasteiger partial charge in [0.1, 0.15) is 24.4 Å². The van der Waals surface area contributed by atoms with Crippen LogP contribution in [0.3, 0.4) is 0 Å². The number of rotatable bonds is 7. The molecule has 0 amide bonds. The van der Waals surface area contributed by atoms with Gasteiger partial charge in [0.25, 0.3) is 0 Å². The number of hydrogen-bond acceptors (Lipinski definition) is 9. The van der Waals surface area contributed by atoms with E-state index in [1.165, 1.54) is 12.0 Å². The van der Waals surface area contributed by atoms with Gasteiger partial charge in [-0.1, -0.05) is 39.3 Å². The molecule has 0 aromatic heterocycles. The van der Waals surface area contributed by atoms with Gasteiger partial charge in [0.15, 0.2) is 12.1 Å². The van der Waals surface area contributed by atoms with E-state index in [9.17, 15) is 30.6 Å². The zero-order valence-corrected chi connectivity index (χ0v) is 25.8. The molecule has 3 saturated carbocycles. The highest BCUT2D eigenvalue weighted by Crippen LogP contribution is 2.70. The average molecular weight is 595 g/mol. The van der Waals surface area contributed by atoms with E-state index in [1.807, 2.05) is 6.92 Å². The Morgan fingerprint density at radius 3 is 2.52 bits per heavy atom. The summed E-state index contributed by atoms with van der Waals surface area (Å²) in [5, 5.41) is 61.4. The molecule has 0 aromatic carbocycles. The van der Waals surface area contributed by atoms with Gasteiger partial charge in [-0.25, -0.2) is 0 Å². The second-order valence-corrected chi connectivity index (χ2v) is 15.4. The van der Waals surface area contributed by atoms with Crippen molar-refractivity contribution in [1.29, 1.82) is 0 Å². The molecule has 6 rings (SSSR count). The Morgan fingerprint density at radius 2 is 1.81 bits per heavy atom. The molecule has 6 aliphatic rings. The monoisotopic (exact) mass is 594 g/mol. The predicted octanol–water partition coefficient (Wildman–Crippen LogP) is 2.49. The number of allylic oxidation sites excluding steroid dienone is 1. The van der Waals surface area contributed by atoms with E-state index in [2.05, 4.69) is 26.8 Å². The van der Waals surface area contributed by atoms with Gasteiger partial charge in [0, 0.05) is 18.9 Å². The highest BCUT2D eigenvalue weighted by Gasteiger charge is 2.67. The van der Waals surface area contributed by atoms with E-state index in [4.69, 9.17) is 14.2 Å². The number of ether oxygens (including phenoxy) is 3. The van der Waals surface area contributed by atoms with Gasteiger partial charge >= 0.3 is 0 Å². The first-order valence-electron chi connectivity index (χ1n) is 16.5. The molecule has 2 heterocycles. The molecule has 4 aliphatic carbocycles. The van der Waals surface area contributed by atoms with Crippen LogP contribution in [0.2, 0.25) is 0 Å². The molecule has 0 aromatic rings. The number of hydrogen-bond donors (Lipinski definition) is 6. The topological polar surface area (TPSA) is 149 Å². The first-order chi connectivity index (χ1) is 19.9. The van der Waals surface area contributed by atoms with Crippen molar-refractivity contribution in [2.75, 3.05) is 13.2 Å². The Hall–Kier alpha value is -0.620. The van der Waals surface area contributed by atoms with Crippen LogP contribution in [0.4, 0.5) is 0 Å². The molecular weight excluding hydrogens is 540 g/mol. The molecule has 0 radical (unpaired) electrons. The van der Waals surface area contributed by atoms with E-state index in [1.54, 1.807) is 0 Å². The van der Waals surface area contributed by atoms with Gasteiger partial charge in [-0.2, -0.15) is 0 Å². The first-order valence-corrected chi connectivity index (χ1v) is 16.5. The fourth-order valence-electron chi connectivity index (χ4n) is 10.6. The fraction of sp³-hybridized carbons (Fsp3) is 0.939. The minimum atomic E-state index is -1.43. The smallest absolute Gasteiger partial charge is 0.186 e. The second kappa shape index (κ2) is 11.3. The summed E-state index contributed by atoms with van der Waals surface area (Å²) in [6, 6.07) is 0. The van der Waals surface area contributed by atoms with Crippen LogP contribution < -0.4 is 0 Å². The quantitative estimate of drug-likeness (QED) is 0.245. The van der Waals surface area contributed by atoms with Crippen molar-refractivity contribution in [2.45, 2.75) is 134 Å². The van der Waals surface area contributed by atoms with Crippen LogP contribution in [0.15, 0.2) is 11.6 Å². The van der Waals surface area contributed by atoms with Crippen molar-refractivity contribution in [2.24, 2.45) is 46.3 Å². The van der Waals surface area contributed by atoms with E-state index < -0.39 is 43.1 Å². The lowest BCUT2D eigenvalue weighted by molar-refractivity contribution is -0.313. The lowest BCUT2D eigenvalue weighted by Gasteiger charge is -2.58. The molecule has 9 heteroatoms. The van der Waals surface area contributed by atoms with Crippen LogP contribution in [-0.4, -0.2) is 92.6 Å². The summed E-state index contributed by atoms with van der Waals surface area (Å²) in [5.41, 5.74) is 1.65. The highest BCUT2D eigenvalue weighted by atomic mass is 16.7. The molecule has 9 nitrogen and oxygen atoms in total. The van der Waals surface area contributed by atoms with Gasteiger partial charge in [0.05, 0.1) is 18.8 Å². The van der Waals surface area contributed by atoms with Crippen LogP contribution in [0.25, 0.3) is 0 Å². The van der Waals surface area contributed by atoms with Crippen molar-refractivity contribution in [3.63, 3.8) is 0 Å². The standard InChI is InChI=1S/C33H54O9/c1-17(15-34)7-12-33(39)18(2)26-24(42-33)14-23-21-6-5-19-13-20(8-10-31(19,3)22(21)9-11-32(23,26)4)40-30-29(38)28(37)27(36)25(16-35)41-30/h5,17-18,20-30,34-39H,6-16H2,1-4H3/t17-,18+,20+,21-,22+,23+,24+,25-,26+,27-,28+,29-,30-,31+,32+,33-/m1/s1. The third-order valence-electron chi connectivity index (χ3n) is 13.2. The molecule has 2 aliphatic heterocycles. The van der Waals surface area contributed by atoms with Gasteiger partial charge < -0.3 is 44.8 Å². The maximum atomic E-state index is 11.6. The average Bonchev–Trinajstić information content (AvgIpc) is 3.40. The first kappa shape index (κ1) is 31.4. The summed E-state index contributed by atoms with van der Waals surface area (Å²) >= 11 is 0. The second-order valence-electron chi connectivity index (χ2n) is 15.4. The third-order valence-corrected chi connectivity index (χ3v) is 13.2. The third kappa shape index (κ3) is 4.85. The summed E-state index contributed by atoms with van der Waals surface area (Å²) in [6.07, 6.45) is 4.35. The fourth-order valence-corrected chi connectivity index (χ4v) is 10.6. The van der Waals surface area contributed by atoms with Crippen LogP contribution in [0.1, 0.15) is 85.5 Å². The van der Waals surface area contributed by atoms with Gasteiger partial charge in [0.2, 0.25) is 0 Å². The molecule has 5 fully saturated rings. The Labute approximate surface area is 250 Å². The molecule has 240 valence electrons. The largest absolute Gasteiger partial charge is 0.396 e. The van der Waals surface area contributed by atoms with Crippen molar-refractivity contribution < 1.29 is 44.8 Å². The molecule has 6 N–H and O–H groups in total. The Kier molecular flexibility index (Phi) is 8.45. The number of fused-ring (bicyclic) bond motifs is 7. The van der Waals surface area contributed by atoms with E-state index in [0.29, 0.717) is 30.1 Å². The molecule has 16 atom stereocenters. The van der Waals surface area contributed by atoms with Crippen LogP contribution >= 0.6 is 0 Å². The SMILES string of the molecule is C[C@@H](CO)CC[C@@]1(O)O[C@H]2C[C@H]3[C@@H]4CC=C5C[C@@H](O[C@@H]6O[C@H](CO)[C@@H](O)[C@H](O)[C@H]6O)CC[C@]5(C)[C@H]4CC[C@]3(C)[C@H]2[C@@H]1C. The zero-order valence-electron chi connectivity index (χ0n) is 25.8. The maximum absolute atomic E-state index is 11.6. The van der Waals surface area contributed by atoms with Gasteiger partial charge in [-0.15, -0.1) is 0 Å². The van der Waals surface area contributed by atoms with Crippen molar-refractivity contribution in [1.82, 2.24) is 0 Å². The summed E-state index contributed by atoms with van der Waals surface area (Å²) in [7, 11) is 0. The van der Waals surface area contributed by atoms with E-state index in [0.717, 1.165) is 44.9 Å². The van der Waals surface area contributed by atoms with Gasteiger partial charge in [-0.05, 0) is 91.8 Å². The molecule has 0 spiro atoms. The normalized spacial score (nSPS) is 54.4. The zero-order chi connectivity index (χ0) is 30.2.